The fourth-order valence-electron chi connectivity index (χ4n) is 2.55. The molecule has 0 radical (unpaired) electrons. The Kier molecular flexibility index (Phi) is 4.32. The van der Waals surface area contributed by atoms with E-state index < -0.39 is 0 Å². The minimum Gasteiger partial charge on any atom is -0.492 e. The van der Waals surface area contributed by atoms with E-state index in [1.54, 1.807) is 6.92 Å². The van der Waals surface area contributed by atoms with Crippen LogP contribution < -0.4 is 4.74 Å². The first-order chi connectivity index (χ1) is 9.41. The number of fused-ring (bicyclic) bond motifs is 1. The Labute approximate surface area is 121 Å². The normalized spacial score (nSPS) is 16.7. The molecule has 1 heterocycles. The summed E-state index contributed by atoms with van der Waals surface area (Å²) in [6.07, 6.45) is 4.68. The molecule has 0 bridgehead atoms. The first kappa shape index (κ1) is 14.8. The van der Waals surface area contributed by atoms with Crippen molar-refractivity contribution in [2.45, 2.75) is 47.0 Å². The molecule has 0 aromatic heterocycles. The smallest absolute Gasteiger partial charge is 0.130 e. The van der Waals surface area contributed by atoms with E-state index in [4.69, 9.17) is 4.74 Å². The van der Waals surface area contributed by atoms with Crippen LogP contribution in [0.3, 0.4) is 0 Å². The van der Waals surface area contributed by atoms with E-state index >= 15 is 0 Å². The number of rotatable bonds is 4. The van der Waals surface area contributed by atoms with Crippen molar-refractivity contribution in [3.05, 3.63) is 35.4 Å². The SMILES string of the molecule is CCc1ccc2c(c1)C(CCC(C)=O)=CC(C)(C)CO2. The Morgan fingerprint density at radius 3 is 2.75 bits per heavy atom. The Bertz CT molecular complexity index is 538. The average Bonchev–Trinajstić information content (AvgIpc) is 2.53. The molecule has 1 aromatic rings. The molecule has 0 saturated heterocycles. The van der Waals surface area contributed by atoms with Gasteiger partial charge in [0.25, 0.3) is 0 Å². The van der Waals surface area contributed by atoms with Crippen LogP contribution in [0.5, 0.6) is 5.75 Å². The van der Waals surface area contributed by atoms with Gasteiger partial charge in [0.2, 0.25) is 0 Å². The number of carbonyl (C=O) groups excluding carboxylic acids is 1. The lowest BCUT2D eigenvalue weighted by molar-refractivity contribution is -0.116. The maximum Gasteiger partial charge on any atom is 0.130 e. The van der Waals surface area contributed by atoms with Crippen molar-refractivity contribution >= 4 is 11.4 Å². The quantitative estimate of drug-likeness (QED) is 0.811. The second-order valence-corrected chi connectivity index (χ2v) is 6.33. The molecule has 0 fully saturated rings. The lowest BCUT2D eigenvalue weighted by Crippen LogP contribution is -2.17. The number of aryl methyl sites for hydroxylation is 1. The molecule has 0 saturated carbocycles. The van der Waals surface area contributed by atoms with E-state index in [1.807, 2.05) is 0 Å². The standard InChI is InChI=1S/C18H24O2/c1-5-14-7-9-17-16(10-14)15(8-6-13(2)19)11-18(3,4)12-20-17/h7,9-11H,5-6,8,12H2,1-4H3. The van der Waals surface area contributed by atoms with Crippen LogP contribution >= 0.6 is 0 Å². The van der Waals surface area contributed by atoms with Crippen molar-refractivity contribution in [1.29, 1.82) is 0 Å². The van der Waals surface area contributed by atoms with Crippen LogP contribution in [0.4, 0.5) is 0 Å². The van der Waals surface area contributed by atoms with Gasteiger partial charge in [0.15, 0.2) is 0 Å². The minimum absolute atomic E-state index is 0.00246. The highest BCUT2D eigenvalue weighted by atomic mass is 16.5. The molecule has 2 nitrogen and oxygen atoms in total. The zero-order valence-corrected chi connectivity index (χ0v) is 13.0. The van der Waals surface area contributed by atoms with Gasteiger partial charge in [0, 0.05) is 17.4 Å². The van der Waals surface area contributed by atoms with Crippen LogP contribution in [-0.2, 0) is 11.2 Å². The summed E-state index contributed by atoms with van der Waals surface area (Å²) in [6, 6.07) is 6.40. The number of Topliss-reactive ketones (excluding diaryl/α,β-unsaturated/α-hetero) is 1. The summed E-state index contributed by atoms with van der Waals surface area (Å²) >= 11 is 0. The molecule has 1 aliphatic heterocycles. The monoisotopic (exact) mass is 272 g/mol. The second-order valence-electron chi connectivity index (χ2n) is 6.33. The minimum atomic E-state index is -0.00246. The van der Waals surface area contributed by atoms with Gasteiger partial charge in [0.1, 0.15) is 11.5 Å². The first-order valence-corrected chi connectivity index (χ1v) is 7.38. The van der Waals surface area contributed by atoms with Crippen LogP contribution in [0.1, 0.15) is 51.7 Å². The third kappa shape index (κ3) is 3.50. The summed E-state index contributed by atoms with van der Waals surface area (Å²) in [6.45, 7) is 8.83. The number of hydrogen-bond donors (Lipinski definition) is 0. The Balaban J connectivity index is 2.43. The summed E-state index contributed by atoms with van der Waals surface area (Å²) in [5.74, 6) is 1.18. The maximum absolute atomic E-state index is 11.3. The summed E-state index contributed by atoms with van der Waals surface area (Å²) in [5.41, 5.74) is 3.71. The molecule has 0 aliphatic carbocycles. The van der Waals surface area contributed by atoms with Crippen LogP contribution in [0.15, 0.2) is 24.3 Å². The fraction of sp³-hybridized carbons (Fsp3) is 0.500. The highest BCUT2D eigenvalue weighted by Gasteiger charge is 2.23. The van der Waals surface area contributed by atoms with E-state index in [2.05, 4.69) is 45.0 Å². The number of carbonyl (C=O) groups is 1. The molecule has 0 N–H and O–H groups in total. The molecular weight excluding hydrogens is 248 g/mol. The highest BCUT2D eigenvalue weighted by molar-refractivity contribution is 5.80. The van der Waals surface area contributed by atoms with E-state index in [0.717, 1.165) is 24.2 Å². The highest BCUT2D eigenvalue weighted by Crippen LogP contribution is 2.37. The van der Waals surface area contributed by atoms with Crippen molar-refractivity contribution in [2.24, 2.45) is 5.41 Å². The van der Waals surface area contributed by atoms with Gasteiger partial charge in [-0.3, -0.25) is 0 Å². The first-order valence-electron chi connectivity index (χ1n) is 7.38. The maximum atomic E-state index is 11.3. The average molecular weight is 272 g/mol. The van der Waals surface area contributed by atoms with Gasteiger partial charge in [-0.1, -0.05) is 32.9 Å². The number of benzene rings is 1. The van der Waals surface area contributed by atoms with Gasteiger partial charge in [-0.2, -0.15) is 0 Å². The predicted octanol–water partition coefficient (Wildman–Crippen LogP) is 4.42. The Morgan fingerprint density at radius 1 is 1.35 bits per heavy atom. The Morgan fingerprint density at radius 2 is 2.10 bits per heavy atom. The fourth-order valence-corrected chi connectivity index (χ4v) is 2.55. The van der Waals surface area contributed by atoms with Gasteiger partial charge in [0.05, 0.1) is 6.61 Å². The largest absolute Gasteiger partial charge is 0.492 e. The number of ketones is 1. The van der Waals surface area contributed by atoms with Crippen LogP contribution in [-0.4, -0.2) is 12.4 Å². The van der Waals surface area contributed by atoms with Gasteiger partial charge in [-0.05, 0) is 43.0 Å². The van der Waals surface area contributed by atoms with E-state index in [1.165, 1.54) is 11.1 Å². The topological polar surface area (TPSA) is 26.3 Å². The van der Waals surface area contributed by atoms with Crippen molar-refractivity contribution in [3.63, 3.8) is 0 Å². The molecule has 0 amide bonds. The summed E-state index contributed by atoms with van der Waals surface area (Å²) in [7, 11) is 0. The summed E-state index contributed by atoms with van der Waals surface area (Å²) in [5, 5.41) is 0. The predicted molar refractivity (Wildman–Crippen MR) is 83.0 cm³/mol. The van der Waals surface area contributed by atoms with Gasteiger partial charge in [-0.15, -0.1) is 0 Å². The Hall–Kier alpha value is -1.57. The van der Waals surface area contributed by atoms with E-state index in [-0.39, 0.29) is 11.2 Å². The van der Waals surface area contributed by atoms with E-state index in [9.17, 15) is 4.79 Å². The molecule has 1 aliphatic rings. The van der Waals surface area contributed by atoms with Gasteiger partial charge in [-0.25, -0.2) is 0 Å². The molecule has 0 atom stereocenters. The number of hydrogen-bond acceptors (Lipinski definition) is 2. The lowest BCUT2D eigenvalue weighted by Gasteiger charge is -2.18. The summed E-state index contributed by atoms with van der Waals surface area (Å²) in [4.78, 5) is 11.3. The number of allylic oxidation sites excluding steroid dienone is 1. The van der Waals surface area contributed by atoms with Crippen LogP contribution in [0.2, 0.25) is 0 Å². The lowest BCUT2D eigenvalue weighted by atomic mass is 9.88. The van der Waals surface area contributed by atoms with Crippen molar-refractivity contribution in [1.82, 2.24) is 0 Å². The molecule has 108 valence electrons. The number of ether oxygens (including phenoxy) is 1. The molecule has 0 spiro atoms. The molecular formula is C18H24O2. The van der Waals surface area contributed by atoms with Crippen molar-refractivity contribution in [3.8, 4) is 5.75 Å². The van der Waals surface area contributed by atoms with Crippen LogP contribution in [0, 0.1) is 5.41 Å². The van der Waals surface area contributed by atoms with Gasteiger partial charge < -0.3 is 9.53 Å². The molecule has 2 rings (SSSR count). The van der Waals surface area contributed by atoms with E-state index in [0.29, 0.717) is 13.0 Å². The zero-order valence-electron chi connectivity index (χ0n) is 13.0. The van der Waals surface area contributed by atoms with Crippen molar-refractivity contribution < 1.29 is 9.53 Å². The second kappa shape index (κ2) is 5.82. The molecule has 20 heavy (non-hydrogen) atoms. The molecule has 0 unspecified atom stereocenters. The third-order valence-corrected chi connectivity index (χ3v) is 3.71. The molecule has 2 heteroatoms. The summed E-state index contributed by atoms with van der Waals surface area (Å²) < 4.78 is 5.96. The van der Waals surface area contributed by atoms with Gasteiger partial charge >= 0.3 is 0 Å². The zero-order chi connectivity index (χ0) is 14.8. The van der Waals surface area contributed by atoms with Crippen molar-refractivity contribution in [2.75, 3.05) is 6.61 Å². The molecule has 1 aromatic carbocycles. The van der Waals surface area contributed by atoms with Crippen LogP contribution in [0.25, 0.3) is 5.57 Å². The third-order valence-electron chi connectivity index (χ3n) is 3.71.